The van der Waals surface area contributed by atoms with Crippen molar-refractivity contribution in [1.29, 1.82) is 0 Å². The van der Waals surface area contributed by atoms with Crippen LogP contribution in [0.15, 0.2) is 58.1 Å². The monoisotopic (exact) mass is 455 g/mol. The summed E-state index contributed by atoms with van der Waals surface area (Å²) in [5.74, 6) is 0.707. The number of halogens is 1. The number of ether oxygens (including phenoxy) is 2. The zero-order valence-electron chi connectivity index (χ0n) is 16.7. The third kappa shape index (κ3) is 4.19. The molecule has 6 nitrogen and oxygen atoms in total. The van der Waals surface area contributed by atoms with Crippen molar-refractivity contribution >= 4 is 28.1 Å². The van der Waals surface area contributed by atoms with Crippen LogP contribution >= 0.6 is 15.9 Å². The molecule has 0 radical (unpaired) electrons. The first-order valence-electron chi connectivity index (χ1n) is 8.96. The summed E-state index contributed by atoms with van der Waals surface area (Å²) in [6, 6.07) is 15.0. The highest BCUT2D eigenvalue weighted by molar-refractivity contribution is 9.10. The largest absolute Gasteiger partial charge is 0.493 e. The number of para-hydroxylation sites is 1. The maximum absolute atomic E-state index is 12.4. The van der Waals surface area contributed by atoms with E-state index >= 15 is 0 Å². The first kappa shape index (κ1) is 20.7. The Morgan fingerprint density at radius 1 is 1.03 bits per heavy atom. The van der Waals surface area contributed by atoms with E-state index in [0.717, 1.165) is 27.1 Å². The van der Waals surface area contributed by atoms with Crippen molar-refractivity contribution in [2.45, 2.75) is 13.8 Å². The van der Waals surface area contributed by atoms with Gasteiger partial charge in [-0.3, -0.25) is 4.79 Å². The van der Waals surface area contributed by atoms with Gasteiger partial charge in [-0.25, -0.2) is 5.43 Å². The lowest BCUT2D eigenvalue weighted by atomic mass is 10.2. The number of nitrogens with one attached hydrogen (secondary N) is 1. The van der Waals surface area contributed by atoms with Crippen LogP contribution in [0.1, 0.15) is 27.3 Å². The van der Waals surface area contributed by atoms with Gasteiger partial charge in [-0.15, -0.1) is 0 Å². The summed E-state index contributed by atoms with van der Waals surface area (Å²) in [7, 11) is 3.07. The molecule has 1 aromatic heterocycles. The summed E-state index contributed by atoms with van der Waals surface area (Å²) in [5.41, 5.74) is 7.03. The van der Waals surface area contributed by atoms with Gasteiger partial charge in [0.2, 0.25) is 0 Å². The number of rotatable bonds is 6. The molecule has 0 bridgehead atoms. The molecule has 0 saturated heterocycles. The van der Waals surface area contributed by atoms with E-state index in [1.54, 1.807) is 31.5 Å². The molecular formula is C22H22BrN3O3. The van der Waals surface area contributed by atoms with Crippen molar-refractivity contribution in [3.63, 3.8) is 0 Å². The van der Waals surface area contributed by atoms with Gasteiger partial charge in [-0.2, -0.15) is 5.10 Å². The fourth-order valence-corrected chi connectivity index (χ4v) is 3.70. The second-order valence-corrected chi connectivity index (χ2v) is 7.13. The van der Waals surface area contributed by atoms with Gasteiger partial charge in [0.15, 0.2) is 11.5 Å². The van der Waals surface area contributed by atoms with Crippen LogP contribution in [0.5, 0.6) is 11.5 Å². The van der Waals surface area contributed by atoms with Crippen LogP contribution in [0.25, 0.3) is 5.69 Å². The number of carbonyl (C=O) groups is 1. The normalized spacial score (nSPS) is 10.9. The summed E-state index contributed by atoms with van der Waals surface area (Å²) in [5, 5.41) is 4.15. The Labute approximate surface area is 178 Å². The van der Waals surface area contributed by atoms with Crippen molar-refractivity contribution in [3.05, 3.63) is 75.5 Å². The zero-order valence-corrected chi connectivity index (χ0v) is 18.3. The molecule has 29 heavy (non-hydrogen) atoms. The quantitative estimate of drug-likeness (QED) is 0.434. The highest BCUT2D eigenvalue weighted by atomic mass is 79.9. The molecule has 0 aliphatic rings. The minimum Gasteiger partial charge on any atom is -0.493 e. The predicted octanol–water partition coefficient (Wildman–Crippen LogP) is 4.64. The lowest BCUT2D eigenvalue weighted by Gasteiger charge is -2.09. The predicted molar refractivity (Wildman–Crippen MR) is 118 cm³/mol. The van der Waals surface area contributed by atoms with E-state index in [-0.39, 0.29) is 5.91 Å². The number of methoxy groups -OCH3 is 2. The number of carbonyl (C=O) groups excluding carboxylic acids is 1. The van der Waals surface area contributed by atoms with Crippen LogP contribution in [0.3, 0.4) is 0 Å². The maximum atomic E-state index is 12.4. The number of hydrazone groups is 1. The number of hydrogen-bond donors (Lipinski definition) is 1. The number of nitrogens with zero attached hydrogens (tertiary/aromatic N) is 2. The van der Waals surface area contributed by atoms with Gasteiger partial charge in [0, 0.05) is 32.7 Å². The van der Waals surface area contributed by atoms with E-state index in [0.29, 0.717) is 17.1 Å². The highest BCUT2D eigenvalue weighted by Gasteiger charge is 2.16. The summed E-state index contributed by atoms with van der Waals surface area (Å²) >= 11 is 3.64. The van der Waals surface area contributed by atoms with Crippen LogP contribution in [0.4, 0.5) is 0 Å². The number of benzene rings is 2. The number of amides is 1. The van der Waals surface area contributed by atoms with Gasteiger partial charge < -0.3 is 14.0 Å². The molecule has 0 aliphatic heterocycles. The average Bonchev–Trinajstić information content (AvgIpc) is 2.96. The lowest BCUT2D eigenvalue weighted by molar-refractivity contribution is 0.0954. The van der Waals surface area contributed by atoms with E-state index < -0.39 is 0 Å². The smallest absolute Gasteiger partial charge is 0.271 e. The Morgan fingerprint density at radius 3 is 2.38 bits per heavy atom. The van der Waals surface area contributed by atoms with Crippen LogP contribution in [-0.2, 0) is 0 Å². The van der Waals surface area contributed by atoms with E-state index in [1.807, 2.05) is 44.2 Å². The molecule has 3 rings (SSSR count). The van der Waals surface area contributed by atoms with Gasteiger partial charge in [0.1, 0.15) is 0 Å². The first-order chi connectivity index (χ1) is 14.0. The second kappa shape index (κ2) is 8.96. The summed E-state index contributed by atoms with van der Waals surface area (Å²) in [6.07, 6.45) is 1.64. The first-order valence-corrected chi connectivity index (χ1v) is 9.75. The number of aromatic nitrogens is 1. The van der Waals surface area contributed by atoms with Gasteiger partial charge in [0.05, 0.1) is 20.4 Å². The second-order valence-electron chi connectivity index (χ2n) is 6.34. The number of hydrogen-bond acceptors (Lipinski definition) is 4. The highest BCUT2D eigenvalue weighted by Crippen LogP contribution is 2.29. The molecular weight excluding hydrogens is 434 g/mol. The van der Waals surface area contributed by atoms with Crippen molar-refractivity contribution in [2.75, 3.05) is 14.2 Å². The molecule has 0 fully saturated rings. The molecule has 150 valence electrons. The van der Waals surface area contributed by atoms with Crippen LogP contribution in [0, 0.1) is 13.8 Å². The third-order valence-corrected chi connectivity index (χ3v) is 5.64. The topological polar surface area (TPSA) is 64.8 Å². The van der Waals surface area contributed by atoms with Crippen LogP contribution < -0.4 is 14.9 Å². The Kier molecular flexibility index (Phi) is 6.39. The van der Waals surface area contributed by atoms with E-state index in [4.69, 9.17) is 9.47 Å². The Morgan fingerprint density at radius 2 is 1.72 bits per heavy atom. The molecule has 0 saturated carbocycles. The van der Waals surface area contributed by atoms with Crippen LogP contribution in [0.2, 0.25) is 0 Å². The van der Waals surface area contributed by atoms with E-state index in [2.05, 4.69) is 31.0 Å². The molecule has 7 heteroatoms. The van der Waals surface area contributed by atoms with E-state index in [1.165, 1.54) is 7.11 Å². The van der Waals surface area contributed by atoms with Crippen molar-refractivity contribution in [3.8, 4) is 17.2 Å². The molecule has 1 N–H and O–H groups in total. The van der Waals surface area contributed by atoms with Crippen molar-refractivity contribution in [1.82, 2.24) is 9.99 Å². The van der Waals surface area contributed by atoms with E-state index in [9.17, 15) is 4.79 Å². The van der Waals surface area contributed by atoms with Gasteiger partial charge in [-0.1, -0.05) is 18.2 Å². The minimum atomic E-state index is -0.338. The minimum absolute atomic E-state index is 0.338. The zero-order chi connectivity index (χ0) is 21.0. The molecule has 0 atom stereocenters. The molecule has 3 aromatic rings. The fraction of sp³-hybridized carbons (Fsp3) is 0.182. The SMILES string of the molecule is COc1ccc(C(=O)N/N=C\c2c(Br)c(C)n(-c3ccccc3)c2C)cc1OC. The summed E-state index contributed by atoms with van der Waals surface area (Å²) < 4.78 is 13.5. The summed E-state index contributed by atoms with van der Waals surface area (Å²) in [6.45, 7) is 4.05. The average molecular weight is 456 g/mol. The van der Waals surface area contributed by atoms with Crippen molar-refractivity contribution in [2.24, 2.45) is 5.10 Å². The van der Waals surface area contributed by atoms with Crippen molar-refractivity contribution < 1.29 is 14.3 Å². The molecule has 1 amide bonds. The van der Waals surface area contributed by atoms with Gasteiger partial charge in [-0.05, 0) is 60.1 Å². The molecule has 2 aromatic carbocycles. The molecule has 0 spiro atoms. The summed E-state index contributed by atoms with van der Waals surface area (Å²) in [4.78, 5) is 12.4. The lowest BCUT2D eigenvalue weighted by Crippen LogP contribution is -2.17. The standard InChI is InChI=1S/C22H22BrN3O3/c1-14-18(21(23)15(2)26(14)17-8-6-5-7-9-17)13-24-25-22(27)16-10-11-19(28-3)20(12-16)29-4/h5-13H,1-4H3,(H,25,27)/b24-13-. The fourth-order valence-electron chi connectivity index (χ4n) is 3.14. The van der Waals surface area contributed by atoms with Gasteiger partial charge >= 0.3 is 0 Å². The van der Waals surface area contributed by atoms with Gasteiger partial charge in [0.25, 0.3) is 5.91 Å². The Hall–Kier alpha value is -3.06. The molecule has 0 aliphatic carbocycles. The van der Waals surface area contributed by atoms with Crippen LogP contribution in [-0.4, -0.2) is 30.9 Å². The maximum Gasteiger partial charge on any atom is 0.271 e. The third-order valence-electron chi connectivity index (χ3n) is 4.63. The molecule has 1 heterocycles. The Balaban J connectivity index is 1.82. The molecule has 0 unspecified atom stereocenters. The Bertz CT molecular complexity index is 1060.